The van der Waals surface area contributed by atoms with Crippen LogP contribution in [0.1, 0.15) is 42.5 Å². The van der Waals surface area contributed by atoms with Gasteiger partial charge in [-0.15, -0.1) is 0 Å². The fourth-order valence-electron chi connectivity index (χ4n) is 3.46. The molecule has 6 nitrogen and oxygen atoms in total. The molecular formula is C25H32N2O4. The van der Waals surface area contributed by atoms with Crippen molar-refractivity contribution in [2.45, 2.75) is 53.1 Å². The van der Waals surface area contributed by atoms with Gasteiger partial charge in [0.25, 0.3) is 0 Å². The second kappa shape index (κ2) is 11.6. The first-order valence-corrected chi connectivity index (χ1v) is 10.4. The highest BCUT2D eigenvalue weighted by molar-refractivity contribution is 6.15. The Morgan fingerprint density at radius 2 is 1.71 bits per heavy atom. The molecule has 0 heterocycles. The highest BCUT2D eigenvalue weighted by Gasteiger charge is 2.26. The van der Waals surface area contributed by atoms with Crippen LogP contribution in [0.4, 0.5) is 0 Å². The summed E-state index contributed by atoms with van der Waals surface area (Å²) < 4.78 is 11.2. The van der Waals surface area contributed by atoms with Crippen molar-refractivity contribution in [3.8, 4) is 0 Å². The number of carbonyl (C=O) groups is 1. The van der Waals surface area contributed by atoms with Crippen LogP contribution in [0.15, 0.2) is 59.7 Å². The van der Waals surface area contributed by atoms with Crippen LogP contribution < -0.4 is 5.73 Å². The van der Waals surface area contributed by atoms with E-state index in [1.807, 2.05) is 69.3 Å². The highest BCUT2D eigenvalue weighted by Crippen LogP contribution is 2.24. The lowest BCUT2D eigenvalue weighted by molar-refractivity contribution is -0.121. The van der Waals surface area contributed by atoms with E-state index in [-0.39, 0.29) is 30.4 Å². The summed E-state index contributed by atoms with van der Waals surface area (Å²) >= 11 is 0. The van der Waals surface area contributed by atoms with Crippen molar-refractivity contribution in [1.29, 1.82) is 5.41 Å². The number of hydrogen-bond donors (Lipinski definition) is 3. The number of nitrogens with one attached hydrogen (secondary N) is 1. The van der Waals surface area contributed by atoms with Gasteiger partial charge in [0.2, 0.25) is 5.91 Å². The molecule has 2 atom stereocenters. The molecule has 0 aliphatic carbocycles. The zero-order valence-corrected chi connectivity index (χ0v) is 18.6. The van der Waals surface area contributed by atoms with Gasteiger partial charge in [-0.05, 0) is 51.0 Å². The van der Waals surface area contributed by atoms with Crippen LogP contribution in [-0.4, -0.2) is 35.7 Å². The van der Waals surface area contributed by atoms with Gasteiger partial charge in [-0.1, -0.05) is 47.5 Å². The Kier molecular flexibility index (Phi) is 9.12. The third-order valence-corrected chi connectivity index (χ3v) is 4.84. The van der Waals surface area contributed by atoms with E-state index >= 15 is 0 Å². The first-order chi connectivity index (χ1) is 14.7. The fraction of sp³-hybridized carbons (Fsp3) is 0.360. The van der Waals surface area contributed by atoms with Crippen molar-refractivity contribution in [2.75, 3.05) is 6.61 Å². The highest BCUT2D eigenvalue weighted by atomic mass is 16.6. The molecule has 2 rings (SSSR count). The molecule has 1 amide bonds. The van der Waals surface area contributed by atoms with Crippen LogP contribution in [0.25, 0.3) is 0 Å². The van der Waals surface area contributed by atoms with E-state index in [1.54, 1.807) is 6.92 Å². The summed E-state index contributed by atoms with van der Waals surface area (Å²) in [4.78, 5) is 12.3. The summed E-state index contributed by atoms with van der Waals surface area (Å²) in [7, 11) is 0. The van der Waals surface area contributed by atoms with Gasteiger partial charge < -0.3 is 20.3 Å². The fourth-order valence-corrected chi connectivity index (χ4v) is 3.46. The smallest absolute Gasteiger partial charge is 0.250 e. The number of nitrogens with two attached hydrogens (primary N) is 1. The molecule has 2 aromatic rings. The minimum absolute atomic E-state index is 0.110. The van der Waals surface area contributed by atoms with Gasteiger partial charge >= 0.3 is 0 Å². The Bertz CT molecular complexity index is 918. The number of ether oxygens (including phenoxy) is 2. The predicted molar refractivity (Wildman–Crippen MR) is 122 cm³/mol. The zero-order chi connectivity index (χ0) is 23.0. The van der Waals surface area contributed by atoms with Crippen LogP contribution in [0.3, 0.4) is 0 Å². The molecule has 0 aliphatic heterocycles. The van der Waals surface area contributed by atoms with Crippen molar-refractivity contribution < 1.29 is 19.4 Å². The lowest BCUT2D eigenvalue weighted by Gasteiger charge is -2.22. The SMILES string of the molecule is CCOC(O)/C(C(N)=O)=C(\CC(C)OCc1ccccc1)C(=N)c1cc(C)cc(C)c1. The Morgan fingerprint density at radius 1 is 1.10 bits per heavy atom. The lowest BCUT2D eigenvalue weighted by atomic mass is 9.91. The Labute approximate surface area is 184 Å². The summed E-state index contributed by atoms with van der Waals surface area (Å²) in [6, 6.07) is 15.5. The molecular weight excluding hydrogens is 392 g/mol. The third-order valence-electron chi connectivity index (χ3n) is 4.84. The maximum Gasteiger partial charge on any atom is 0.250 e. The van der Waals surface area contributed by atoms with Crippen LogP contribution in [0.2, 0.25) is 0 Å². The van der Waals surface area contributed by atoms with Gasteiger partial charge in [-0.25, -0.2) is 0 Å². The van der Waals surface area contributed by atoms with Gasteiger partial charge in [0.05, 0.1) is 24.0 Å². The van der Waals surface area contributed by atoms with Gasteiger partial charge in [0.1, 0.15) is 0 Å². The van der Waals surface area contributed by atoms with Gasteiger partial charge in [-0.3, -0.25) is 10.2 Å². The molecule has 0 aromatic heterocycles. The van der Waals surface area contributed by atoms with E-state index in [1.165, 1.54) is 0 Å². The number of rotatable bonds is 11. The zero-order valence-electron chi connectivity index (χ0n) is 18.6. The predicted octanol–water partition coefficient (Wildman–Crippen LogP) is 3.80. The topological polar surface area (TPSA) is 106 Å². The monoisotopic (exact) mass is 424 g/mol. The van der Waals surface area contributed by atoms with E-state index in [9.17, 15) is 9.90 Å². The minimum Gasteiger partial charge on any atom is -0.373 e. The number of aryl methyl sites for hydroxylation is 2. The summed E-state index contributed by atoms with van der Waals surface area (Å²) in [5, 5.41) is 19.3. The molecule has 0 saturated carbocycles. The number of aliphatic hydroxyl groups is 1. The molecule has 0 bridgehead atoms. The van der Waals surface area contributed by atoms with E-state index < -0.39 is 12.2 Å². The molecule has 0 radical (unpaired) electrons. The van der Waals surface area contributed by atoms with E-state index in [0.29, 0.717) is 17.7 Å². The van der Waals surface area contributed by atoms with Gasteiger partial charge in [-0.2, -0.15) is 0 Å². The Balaban J connectivity index is 2.39. The third kappa shape index (κ3) is 7.14. The number of primary amides is 1. The second-order valence-corrected chi connectivity index (χ2v) is 7.63. The van der Waals surface area contributed by atoms with Crippen molar-refractivity contribution >= 4 is 11.6 Å². The molecule has 31 heavy (non-hydrogen) atoms. The number of amides is 1. The lowest BCUT2D eigenvalue weighted by Crippen LogP contribution is -2.31. The first kappa shape index (κ1) is 24.5. The van der Waals surface area contributed by atoms with Crippen LogP contribution in [-0.2, 0) is 20.9 Å². The number of benzene rings is 2. The van der Waals surface area contributed by atoms with Crippen molar-refractivity contribution in [3.05, 3.63) is 81.9 Å². The quantitative estimate of drug-likeness (QED) is 0.290. The van der Waals surface area contributed by atoms with Gasteiger partial charge in [0, 0.05) is 18.6 Å². The van der Waals surface area contributed by atoms with Crippen molar-refractivity contribution in [2.24, 2.45) is 5.73 Å². The van der Waals surface area contributed by atoms with Crippen LogP contribution in [0, 0.1) is 19.3 Å². The summed E-state index contributed by atoms with van der Waals surface area (Å²) in [5.74, 6) is -0.819. The maximum absolute atomic E-state index is 12.3. The molecule has 166 valence electrons. The molecule has 0 aliphatic rings. The molecule has 2 aromatic carbocycles. The normalized spacial score (nSPS) is 14.0. The summed E-state index contributed by atoms with van der Waals surface area (Å²) in [5.41, 5.74) is 9.60. The van der Waals surface area contributed by atoms with E-state index in [2.05, 4.69) is 0 Å². The minimum atomic E-state index is -1.51. The first-order valence-electron chi connectivity index (χ1n) is 10.4. The Morgan fingerprint density at radius 3 is 2.26 bits per heavy atom. The van der Waals surface area contributed by atoms with Crippen molar-refractivity contribution in [3.63, 3.8) is 0 Å². The number of carbonyl (C=O) groups excluding carboxylic acids is 1. The van der Waals surface area contributed by atoms with Crippen molar-refractivity contribution in [1.82, 2.24) is 0 Å². The largest absolute Gasteiger partial charge is 0.373 e. The van der Waals surface area contributed by atoms with E-state index in [4.69, 9.17) is 20.6 Å². The molecule has 0 saturated heterocycles. The van der Waals surface area contributed by atoms with Gasteiger partial charge in [0.15, 0.2) is 6.29 Å². The summed E-state index contributed by atoms with van der Waals surface area (Å²) in [6.07, 6.45) is -1.61. The molecule has 0 fully saturated rings. The molecule has 4 N–H and O–H groups in total. The summed E-state index contributed by atoms with van der Waals surface area (Å²) in [6.45, 7) is 8.06. The standard InChI is InChI=1S/C25H32N2O4/c1-5-30-25(29)22(24(27)28)21(23(26)20-12-16(2)11-17(3)13-20)14-18(4)31-15-19-9-7-6-8-10-19/h6-13,18,25-26,29H,5,14-15H2,1-4H3,(H2,27,28)/b22-21+,26-23?. The van der Waals surface area contributed by atoms with Crippen LogP contribution >= 0.6 is 0 Å². The molecule has 2 unspecified atom stereocenters. The average molecular weight is 425 g/mol. The second-order valence-electron chi connectivity index (χ2n) is 7.63. The number of aliphatic hydroxyl groups excluding tert-OH is 1. The maximum atomic E-state index is 12.3. The van der Waals surface area contributed by atoms with E-state index in [0.717, 1.165) is 16.7 Å². The average Bonchev–Trinajstić information content (AvgIpc) is 2.71. The Hall–Kier alpha value is -2.80. The number of hydrogen-bond acceptors (Lipinski definition) is 5. The van der Waals surface area contributed by atoms with Crippen LogP contribution in [0.5, 0.6) is 0 Å². The molecule has 6 heteroatoms. The molecule has 0 spiro atoms.